The SMILES string of the molecule is CCC[C]1([Hf][C]2=C(C)C(C)=C(C)C2(C)C)C=Cc2cc3c(cc21)CC(C)(C)C3. The van der Waals surface area contributed by atoms with Gasteiger partial charge in [-0.2, -0.15) is 0 Å². The van der Waals surface area contributed by atoms with E-state index in [9.17, 15) is 0 Å². The van der Waals surface area contributed by atoms with Gasteiger partial charge in [-0.15, -0.1) is 0 Å². The monoisotopic (exact) mass is 540 g/mol. The molecule has 0 nitrogen and oxygen atoms in total. The molecule has 0 N–H and O–H groups in total. The van der Waals surface area contributed by atoms with Gasteiger partial charge in [-0.25, -0.2) is 0 Å². The molecule has 0 spiro atoms. The van der Waals surface area contributed by atoms with Crippen molar-refractivity contribution in [2.75, 3.05) is 0 Å². The molecule has 0 fully saturated rings. The van der Waals surface area contributed by atoms with Crippen LogP contribution >= 0.6 is 0 Å². The molecule has 3 aliphatic carbocycles. The summed E-state index contributed by atoms with van der Waals surface area (Å²) in [5.74, 6) is 0. The van der Waals surface area contributed by atoms with Crippen molar-refractivity contribution in [3.8, 4) is 0 Å². The van der Waals surface area contributed by atoms with Crippen LogP contribution in [0, 0.1) is 10.8 Å². The normalized spacial score (nSPS) is 26.9. The average Bonchev–Trinajstić information content (AvgIpc) is 3.15. The summed E-state index contributed by atoms with van der Waals surface area (Å²) in [6.07, 6.45) is 10.2. The van der Waals surface area contributed by atoms with Crippen molar-refractivity contribution in [1.82, 2.24) is 0 Å². The van der Waals surface area contributed by atoms with Gasteiger partial charge >= 0.3 is 185 Å². The Hall–Kier alpha value is -0.690. The number of fused-ring (bicyclic) bond motifs is 2. The van der Waals surface area contributed by atoms with Gasteiger partial charge in [-0.3, -0.25) is 0 Å². The number of hydrogen-bond donors (Lipinski definition) is 0. The first-order valence-corrected chi connectivity index (χ1v) is 14.6. The molecule has 0 bridgehead atoms. The number of hydrogen-bond acceptors (Lipinski definition) is 0. The first-order chi connectivity index (χ1) is 13.0. The first kappa shape index (κ1) is 20.6. The Balaban J connectivity index is 1.79. The molecular formula is C27H36Hf. The van der Waals surface area contributed by atoms with E-state index in [0.717, 1.165) is 0 Å². The van der Waals surface area contributed by atoms with E-state index < -0.39 is 22.9 Å². The fourth-order valence-electron chi connectivity index (χ4n) is 5.83. The zero-order valence-corrected chi connectivity index (χ0v) is 22.7. The minimum absolute atomic E-state index is 0.271. The van der Waals surface area contributed by atoms with Gasteiger partial charge in [0.25, 0.3) is 0 Å². The summed E-state index contributed by atoms with van der Waals surface area (Å²) in [6, 6.07) is 5.19. The Morgan fingerprint density at radius 2 is 1.57 bits per heavy atom. The van der Waals surface area contributed by atoms with E-state index in [1.807, 2.05) is 3.33 Å². The summed E-state index contributed by atoms with van der Waals surface area (Å²) >= 11 is -1.12. The molecule has 1 heteroatoms. The average molecular weight is 539 g/mol. The molecule has 148 valence electrons. The van der Waals surface area contributed by atoms with Crippen molar-refractivity contribution in [2.24, 2.45) is 10.8 Å². The maximum atomic E-state index is 2.65. The first-order valence-electron chi connectivity index (χ1n) is 11.0. The number of benzene rings is 1. The third-order valence-electron chi connectivity index (χ3n) is 7.79. The summed E-state index contributed by atoms with van der Waals surface area (Å²) in [7, 11) is 0. The van der Waals surface area contributed by atoms with Gasteiger partial charge in [0.15, 0.2) is 0 Å². The second-order valence-corrected chi connectivity index (χ2v) is 16.7. The quantitative estimate of drug-likeness (QED) is 0.347. The van der Waals surface area contributed by atoms with Crippen LogP contribution in [0.4, 0.5) is 0 Å². The Labute approximate surface area is 183 Å². The van der Waals surface area contributed by atoms with Crippen molar-refractivity contribution in [3.63, 3.8) is 0 Å². The Kier molecular flexibility index (Phi) is 4.89. The van der Waals surface area contributed by atoms with Crippen LogP contribution in [0.1, 0.15) is 90.5 Å². The van der Waals surface area contributed by atoms with Crippen molar-refractivity contribution in [1.29, 1.82) is 0 Å². The van der Waals surface area contributed by atoms with Crippen LogP contribution in [-0.4, -0.2) is 0 Å². The van der Waals surface area contributed by atoms with Gasteiger partial charge < -0.3 is 0 Å². The zero-order valence-electron chi connectivity index (χ0n) is 19.1. The summed E-state index contributed by atoms with van der Waals surface area (Å²) in [5.41, 5.74) is 12.0. The van der Waals surface area contributed by atoms with Gasteiger partial charge in [-0.05, 0) is 0 Å². The standard InChI is InChI=1S/C17H21.C10H15.Hf/c1-4-5-12-6-7-13-8-14-10-17(2,3)11-15(14)9-16(12)13;1-7-6-10(4,5)9(3)8(7)2;/h6-9H,4-5,10-11H2,1-3H3;1-5H3;. The minimum atomic E-state index is -1.12. The summed E-state index contributed by atoms with van der Waals surface area (Å²) < 4.78 is 2.22. The molecule has 0 amide bonds. The summed E-state index contributed by atoms with van der Waals surface area (Å²) in [6.45, 7) is 19.3. The molecule has 1 unspecified atom stereocenters. The number of allylic oxidation sites excluding steroid dienone is 5. The molecule has 1 aromatic carbocycles. The van der Waals surface area contributed by atoms with Crippen LogP contribution in [0.3, 0.4) is 0 Å². The Morgan fingerprint density at radius 3 is 2.14 bits per heavy atom. The Morgan fingerprint density at radius 1 is 0.929 bits per heavy atom. The van der Waals surface area contributed by atoms with E-state index in [0.29, 0.717) is 8.59 Å². The van der Waals surface area contributed by atoms with Crippen LogP contribution in [-0.2, 0) is 38.9 Å². The van der Waals surface area contributed by atoms with Crippen LogP contribution in [0.25, 0.3) is 6.08 Å². The fourth-order valence-corrected chi connectivity index (χ4v) is 13.8. The van der Waals surface area contributed by atoms with E-state index in [-0.39, 0.29) is 5.41 Å². The van der Waals surface area contributed by atoms with E-state index >= 15 is 0 Å². The molecule has 0 aromatic heterocycles. The molecular weight excluding hydrogens is 503 g/mol. The van der Waals surface area contributed by atoms with E-state index in [1.165, 1.54) is 31.2 Å². The van der Waals surface area contributed by atoms with Crippen molar-refractivity contribution in [3.05, 3.63) is 60.5 Å². The predicted molar refractivity (Wildman–Crippen MR) is 118 cm³/mol. The van der Waals surface area contributed by atoms with Crippen molar-refractivity contribution >= 4 is 6.08 Å². The molecule has 0 radical (unpaired) electrons. The van der Waals surface area contributed by atoms with Gasteiger partial charge in [0.05, 0.1) is 0 Å². The number of rotatable bonds is 4. The molecule has 1 atom stereocenters. The molecule has 4 rings (SSSR count). The second kappa shape index (κ2) is 6.66. The third-order valence-corrected chi connectivity index (χ3v) is 16.4. The molecule has 28 heavy (non-hydrogen) atoms. The van der Waals surface area contributed by atoms with Gasteiger partial charge in [0.2, 0.25) is 0 Å². The van der Waals surface area contributed by atoms with Crippen molar-refractivity contribution < 1.29 is 22.9 Å². The Bertz CT molecular complexity index is 935. The topological polar surface area (TPSA) is 0 Å². The summed E-state index contributed by atoms with van der Waals surface area (Å²) in [5, 5.41) is 0. The molecule has 0 saturated carbocycles. The van der Waals surface area contributed by atoms with Crippen LogP contribution in [0.2, 0.25) is 0 Å². The van der Waals surface area contributed by atoms with Gasteiger partial charge in [0, 0.05) is 0 Å². The fraction of sp³-hybridized carbons (Fsp3) is 0.556. The van der Waals surface area contributed by atoms with Gasteiger partial charge in [0.1, 0.15) is 0 Å². The van der Waals surface area contributed by atoms with E-state index in [1.54, 1.807) is 33.4 Å². The molecule has 0 saturated heterocycles. The van der Waals surface area contributed by atoms with Crippen LogP contribution in [0.15, 0.2) is 38.3 Å². The molecule has 3 aliphatic rings. The van der Waals surface area contributed by atoms with Crippen LogP contribution < -0.4 is 0 Å². The van der Waals surface area contributed by atoms with E-state index in [2.05, 4.69) is 79.7 Å². The predicted octanol–water partition coefficient (Wildman–Crippen LogP) is 7.57. The zero-order chi connectivity index (χ0) is 20.5. The molecule has 1 aromatic rings. The molecule has 0 aliphatic heterocycles. The maximum absolute atomic E-state index is 2.65. The van der Waals surface area contributed by atoms with Crippen LogP contribution in [0.5, 0.6) is 0 Å². The second-order valence-electron chi connectivity index (χ2n) is 10.8. The van der Waals surface area contributed by atoms with E-state index in [4.69, 9.17) is 0 Å². The van der Waals surface area contributed by atoms with Gasteiger partial charge in [-0.1, -0.05) is 0 Å². The molecule has 0 heterocycles. The third kappa shape index (κ3) is 3.03. The van der Waals surface area contributed by atoms with Crippen molar-refractivity contribution in [2.45, 2.75) is 84.2 Å². The summed E-state index contributed by atoms with van der Waals surface area (Å²) in [4.78, 5) is 0.